The molecule has 0 N–H and O–H groups in total. The number of hydrogen-bond acceptors (Lipinski definition) is 6. The molecular formula is C34H49N5O3S. The summed E-state index contributed by atoms with van der Waals surface area (Å²) in [4.78, 5) is 35.4. The van der Waals surface area contributed by atoms with Gasteiger partial charge in [0.25, 0.3) is 5.91 Å². The quantitative estimate of drug-likeness (QED) is 0.157. The number of unbranched alkanes of at least 4 members (excludes halogenated alkanes) is 8. The average molecular weight is 608 g/mol. The molecule has 234 valence electrons. The van der Waals surface area contributed by atoms with Gasteiger partial charge in [-0.25, -0.2) is 9.67 Å². The third-order valence-electron chi connectivity index (χ3n) is 8.37. The third-order valence-corrected chi connectivity index (χ3v) is 9.19. The van der Waals surface area contributed by atoms with E-state index in [9.17, 15) is 9.59 Å². The van der Waals surface area contributed by atoms with Crippen molar-refractivity contribution in [1.29, 1.82) is 0 Å². The molecule has 4 rings (SSSR count). The molecule has 0 saturated carbocycles. The van der Waals surface area contributed by atoms with Crippen molar-refractivity contribution in [3.8, 4) is 22.1 Å². The zero-order valence-electron chi connectivity index (χ0n) is 26.5. The number of amides is 2. The number of carbonyl (C=O) groups is 2. The maximum atomic E-state index is 13.7. The van der Waals surface area contributed by atoms with Gasteiger partial charge in [-0.1, -0.05) is 71.6 Å². The first-order chi connectivity index (χ1) is 21.0. The Labute approximate surface area is 261 Å². The Balaban J connectivity index is 1.32. The molecule has 1 atom stereocenters. The van der Waals surface area contributed by atoms with Gasteiger partial charge in [0, 0.05) is 43.0 Å². The minimum atomic E-state index is -0.0143. The number of carbonyl (C=O) groups excluding carboxylic acids is 2. The second kappa shape index (κ2) is 16.6. The number of piperazine rings is 1. The number of methoxy groups -OCH3 is 1. The highest BCUT2D eigenvalue weighted by Gasteiger charge is 2.32. The van der Waals surface area contributed by atoms with E-state index in [2.05, 4.69) is 25.9 Å². The van der Waals surface area contributed by atoms with Crippen molar-refractivity contribution in [3.63, 3.8) is 0 Å². The molecule has 43 heavy (non-hydrogen) atoms. The smallest absolute Gasteiger partial charge is 0.257 e. The summed E-state index contributed by atoms with van der Waals surface area (Å²) in [6, 6.07) is 7.83. The molecule has 1 saturated heterocycles. The highest BCUT2D eigenvalue weighted by atomic mass is 32.1. The van der Waals surface area contributed by atoms with Crippen molar-refractivity contribution in [2.24, 2.45) is 0 Å². The lowest BCUT2D eigenvalue weighted by Crippen LogP contribution is -2.55. The topological polar surface area (TPSA) is 80.6 Å². The predicted octanol–water partition coefficient (Wildman–Crippen LogP) is 7.55. The maximum absolute atomic E-state index is 13.7. The fraction of sp³-hybridized carbons (Fsp3) is 0.588. The first-order valence-corrected chi connectivity index (χ1v) is 17.1. The molecule has 3 aromatic rings. The van der Waals surface area contributed by atoms with Crippen LogP contribution < -0.4 is 4.74 Å². The van der Waals surface area contributed by atoms with Gasteiger partial charge < -0.3 is 14.5 Å². The van der Waals surface area contributed by atoms with Crippen LogP contribution in [0.1, 0.15) is 107 Å². The lowest BCUT2D eigenvalue weighted by atomic mass is 10.1. The zero-order valence-corrected chi connectivity index (χ0v) is 27.3. The van der Waals surface area contributed by atoms with Crippen LogP contribution in [0.3, 0.4) is 0 Å². The first-order valence-electron chi connectivity index (χ1n) is 16.2. The zero-order chi connectivity index (χ0) is 30.6. The van der Waals surface area contributed by atoms with Crippen LogP contribution in [0, 0.1) is 0 Å². The molecule has 0 bridgehead atoms. The monoisotopic (exact) mass is 607 g/mol. The third kappa shape index (κ3) is 8.68. The summed E-state index contributed by atoms with van der Waals surface area (Å²) in [6.45, 7) is 8.08. The second-order valence-electron chi connectivity index (χ2n) is 11.7. The summed E-state index contributed by atoms with van der Waals surface area (Å²) in [6.07, 6.45) is 15.1. The van der Waals surface area contributed by atoms with E-state index in [4.69, 9.17) is 9.72 Å². The molecular weight excluding hydrogens is 558 g/mol. The van der Waals surface area contributed by atoms with Gasteiger partial charge in [-0.05, 0) is 44.0 Å². The molecule has 0 spiro atoms. The molecule has 1 unspecified atom stereocenters. The highest BCUT2D eigenvalue weighted by Crippen LogP contribution is 2.28. The summed E-state index contributed by atoms with van der Waals surface area (Å²) >= 11 is 1.52. The van der Waals surface area contributed by atoms with Crippen LogP contribution in [0.4, 0.5) is 0 Å². The molecule has 0 radical (unpaired) electrons. The summed E-state index contributed by atoms with van der Waals surface area (Å²) < 4.78 is 7.10. The molecule has 8 nitrogen and oxygen atoms in total. The number of rotatable bonds is 16. The van der Waals surface area contributed by atoms with Crippen LogP contribution in [0.15, 0.2) is 35.8 Å². The number of thiazole rings is 1. The maximum Gasteiger partial charge on any atom is 0.257 e. The van der Waals surface area contributed by atoms with Crippen LogP contribution in [0.5, 0.6) is 5.75 Å². The Morgan fingerprint density at radius 1 is 0.953 bits per heavy atom. The molecule has 1 aromatic carbocycles. The summed E-state index contributed by atoms with van der Waals surface area (Å²) in [5, 5.41) is 7.38. The Hall–Kier alpha value is -3.20. The predicted molar refractivity (Wildman–Crippen MR) is 174 cm³/mol. The summed E-state index contributed by atoms with van der Waals surface area (Å²) in [7, 11) is 1.65. The Morgan fingerprint density at radius 2 is 1.65 bits per heavy atom. The Kier molecular flexibility index (Phi) is 12.6. The largest absolute Gasteiger partial charge is 0.497 e. The fourth-order valence-electron chi connectivity index (χ4n) is 5.86. The van der Waals surface area contributed by atoms with E-state index in [-0.39, 0.29) is 17.9 Å². The van der Waals surface area contributed by atoms with E-state index < -0.39 is 0 Å². The van der Waals surface area contributed by atoms with E-state index >= 15 is 0 Å². The minimum absolute atomic E-state index is 0.000506. The van der Waals surface area contributed by atoms with Crippen molar-refractivity contribution < 1.29 is 14.3 Å². The van der Waals surface area contributed by atoms with E-state index in [1.54, 1.807) is 13.3 Å². The van der Waals surface area contributed by atoms with Gasteiger partial charge >= 0.3 is 0 Å². The molecule has 1 aliphatic rings. The van der Waals surface area contributed by atoms with Gasteiger partial charge in [-0.3, -0.25) is 9.59 Å². The SMILES string of the molecule is CCCCCCCCCCCC(=O)N1CCN(C(=O)c2cnn(-c3nc(-c4ccc(OC)cc4)cs3)c2CCC)CC1C. The molecule has 9 heteroatoms. The summed E-state index contributed by atoms with van der Waals surface area (Å²) in [5.41, 5.74) is 3.39. The van der Waals surface area contributed by atoms with E-state index in [1.807, 2.05) is 44.1 Å². The van der Waals surface area contributed by atoms with E-state index in [0.29, 0.717) is 31.6 Å². The molecule has 2 amide bonds. The number of hydrogen-bond donors (Lipinski definition) is 0. The number of benzene rings is 1. The van der Waals surface area contributed by atoms with Crippen molar-refractivity contribution in [1.82, 2.24) is 24.6 Å². The fourth-order valence-corrected chi connectivity index (χ4v) is 6.68. The highest BCUT2D eigenvalue weighted by molar-refractivity contribution is 7.12. The number of nitrogens with zero attached hydrogens (tertiary/aromatic N) is 5. The molecule has 1 fully saturated rings. The normalized spacial score (nSPS) is 15.2. The van der Waals surface area contributed by atoms with E-state index in [1.165, 1.54) is 56.3 Å². The Bertz CT molecular complexity index is 1300. The Morgan fingerprint density at radius 3 is 2.30 bits per heavy atom. The summed E-state index contributed by atoms with van der Waals surface area (Å²) in [5.74, 6) is 1.01. The van der Waals surface area contributed by atoms with Crippen LogP contribution >= 0.6 is 11.3 Å². The number of aromatic nitrogens is 3. The van der Waals surface area contributed by atoms with Gasteiger partial charge in [-0.15, -0.1) is 11.3 Å². The van der Waals surface area contributed by atoms with Crippen molar-refractivity contribution >= 4 is 23.2 Å². The van der Waals surface area contributed by atoms with E-state index in [0.717, 1.165) is 53.5 Å². The number of ether oxygens (including phenoxy) is 1. The van der Waals surface area contributed by atoms with Gasteiger partial charge in [0.05, 0.1) is 30.3 Å². The van der Waals surface area contributed by atoms with Crippen LogP contribution in [-0.4, -0.2) is 69.2 Å². The van der Waals surface area contributed by atoms with Crippen LogP contribution in [0.2, 0.25) is 0 Å². The van der Waals surface area contributed by atoms with Crippen molar-refractivity contribution in [3.05, 3.63) is 47.1 Å². The second-order valence-corrected chi connectivity index (χ2v) is 12.5. The average Bonchev–Trinajstić information content (AvgIpc) is 3.67. The van der Waals surface area contributed by atoms with Gasteiger partial charge in [0.15, 0.2) is 0 Å². The van der Waals surface area contributed by atoms with Gasteiger partial charge in [0.1, 0.15) is 5.75 Å². The molecule has 1 aliphatic heterocycles. The first kappa shape index (κ1) is 32.7. The van der Waals surface area contributed by atoms with Crippen LogP contribution in [0.25, 0.3) is 16.4 Å². The molecule has 2 aromatic heterocycles. The van der Waals surface area contributed by atoms with Gasteiger partial charge in [-0.2, -0.15) is 5.10 Å². The lowest BCUT2D eigenvalue weighted by Gasteiger charge is -2.40. The van der Waals surface area contributed by atoms with Gasteiger partial charge in [0.2, 0.25) is 11.0 Å². The standard InChI is InChI=1S/C34H49N5O3S/c1-5-7-8-9-10-11-12-13-14-16-32(40)38-22-21-37(24-26(38)3)33(41)29-23-35-39(31(29)15-6-2)34-36-30(25-43-34)27-17-19-28(42-4)20-18-27/h17-20,23,25-26H,5-16,21-22,24H2,1-4H3. The molecule has 3 heterocycles. The van der Waals surface area contributed by atoms with Crippen molar-refractivity contribution in [2.75, 3.05) is 26.7 Å². The minimum Gasteiger partial charge on any atom is -0.497 e. The van der Waals surface area contributed by atoms with Crippen LogP contribution in [-0.2, 0) is 11.2 Å². The van der Waals surface area contributed by atoms with Crippen molar-refractivity contribution in [2.45, 2.75) is 104 Å². The lowest BCUT2D eigenvalue weighted by molar-refractivity contribution is -0.135. The molecule has 0 aliphatic carbocycles.